The molecule has 0 spiro atoms. The molecule has 2 heterocycles. The monoisotopic (exact) mass is 653 g/mol. The van der Waals surface area contributed by atoms with Crippen LogP contribution in [-0.4, -0.2) is 51.5 Å². The Morgan fingerprint density at radius 2 is 1.41 bits per heavy atom. The number of thioether (sulfide) groups is 1. The number of carbonyl (C=O) groups is 4. The van der Waals surface area contributed by atoms with Crippen LogP contribution in [0.3, 0.4) is 0 Å². The number of fused-ring (bicyclic) bond motifs is 1. The lowest BCUT2D eigenvalue weighted by Crippen LogP contribution is -2.44. The summed E-state index contributed by atoms with van der Waals surface area (Å²) < 4.78 is 12.1. The van der Waals surface area contributed by atoms with Gasteiger partial charge in [-0.25, -0.2) is 14.5 Å². The minimum Gasteiger partial charge on any atom is -0.445 e. The fourth-order valence-corrected chi connectivity index (χ4v) is 8.65. The molecule has 1 aromatic rings. The summed E-state index contributed by atoms with van der Waals surface area (Å²) in [7, 11) is 0. The summed E-state index contributed by atoms with van der Waals surface area (Å²) in [4.78, 5) is 55.0. The molecule has 0 bridgehead atoms. The number of imide groups is 2. The lowest BCUT2D eigenvalue weighted by molar-refractivity contribution is -0.121. The van der Waals surface area contributed by atoms with Gasteiger partial charge in [-0.2, -0.15) is 5.10 Å². The van der Waals surface area contributed by atoms with Crippen molar-refractivity contribution in [2.45, 2.75) is 124 Å². The highest BCUT2D eigenvalue weighted by Gasteiger charge is 2.49. The number of nitrogens with zero attached hydrogens (tertiary/aromatic N) is 3. The highest BCUT2D eigenvalue weighted by molar-refractivity contribution is 8.14. The molecule has 2 saturated carbocycles. The van der Waals surface area contributed by atoms with E-state index in [4.69, 9.17) is 9.47 Å². The zero-order valence-corrected chi connectivity index (χ0v) is 29.7. The topological polar surface area (TPSA) is 106 Å². The fraction of sp³-hybridized carbons (Fsp3) is 0.694. The summed E-state index contributed by atoms with van der Waals surface area (Å²) in [6.07, 6.45) is 3.85. The van der Waals surface area contributed by atoms with Gasteiger partial charge in [0.2, 0.25) is 5.91 Å². The summed E-state index contributed by atoms with van der Waals surface area (Å²) in [5.41, 5.74) is 1.37. The maximum absolute atomic E-state index is 13.7. The van der Waals surface area contributed by atoms with Crippen LogP contribution in [0, 0.1) is 35.5 Å². The van der Waals surface area contributed by atoms with Crippen molar-refractivity contribution in [1.82, 2.24) is 5.01 Å². The number of benzene rings is 1. The van der Waals surface area contributed by atoms with Crippen LogP contribution in [0.15, 0.2) is 23.3 Å². The average Bonchev–Trinajstić information content (AvgIpc) is 3.17. The molecule has 9 nitrogen and oxygen atoms in total. The Morgan fingerprint density at radius 1 is 0.870 bits per heavy atom. The van der Waals surface area contributed by atoms with Crippen LogP contribution in [0.4, 0.5) is 20.1 Å². The molecule has 0 aromatic heterocycles. The van der Waals surface area contributed by atoms with E-state index < -0.39 is 22.8 Å². The molecule has 2 aliphatic carbocycles. The Labute approximate surface area is 278 Å². The van der Waals surface area contributed by atoms with E-state index in [0.29, 0.717) is 46.2 Å². The highest BCUT2D eigenvalue weighted by Crippen LogP contribution is 2.44. The standard InChI is InChI=1S/C36H51N3O6S/c1-19(2)25-13-10-21(5)16-29(25)44-33(41)38-28-15-12-24(18-27(28)36(8,9)32(38)40)31-23(7)46-35(43)39(37-31)34(42)45-30-17-22(6)11-14-26(30)20(3)4/h12,15,18-23,25-26,29-30H,10-11,13-14,16-17H2,1-9H3/t21-,22-,23+,25+,26+,29-,30-/m1/s1. The highest BCUT2D eigenvalue weighted by atomic mass is 32.2. The fourth-order valence-electron chi connectivity index (χ4n) is 7.83. The summed E-state index contributed by atoms with van der Waals surface area (Å²) in [5, 5.41) is 4.57. The predicted molar refractivity (Wildman–Crippen MR) is 181 cm³/mol. The Hall–Kier alpha value is -2.88. The van der Waals surface area contributed by atoms with Crippen LogP contribution >= 0.6 is 11.8 Å². The first-order valence-corrected chi connectivity index (χ1v) is 18.0. The zero-order chi connectivity index (χ0) is 33.7. The van der Waals surface area contributed by atoms with E-state index in [-0.39, 0.29) is 35.2 Å². The minimum atomic E-state index is -0.995. The quantitative estimate of drug-likeness (QED) is 0.313. The number of hydrogen-bond donors (Lipinski definition) is 0. The van der Waals surface area contributed by atoms with Crippen LogP contribution in [-0.2, 0) is 19.7 Å². The van der Waals surface area contributed by atoms with Gasteiger partial charge in [0.05, 0.1) is 22.1 Å². The molecule has 0 N–H and O–H groups in total. The first-order chi connectivity index (χ1) is 21.6. The van der Waals surface area contributed by atoms with Crippen LogP contribution < -0.4 is 4.90 Å². The molecule has 252 valence electrons. The van der Waals surface area contributed by atoms with Crippen molar-refractivity contribution < 1.29 is 28.7 Å². The molecule has 5 rings (SSSR count). The van der Waals surface area contributed by atoms with E-state index in [1.807, 2.05) is 13.0 Å². The molecule has 46 heavy (non-hydrogen) atoms. The van der Waals surface area contributed by atoms with Gasteiger partial charge in [-0.15, -0.1) is 5.01 Å². The first kappa shape index (κ1) is 34.5. The Bertz CT molecular complexity index is 1410. The largest absolute Gasteiger partial charge is 0.445 e. The van der Waals surface area contributed by atoms with Crippen molar-refractivity contribution in [3.05, 3.63) is 29.3 Å². The van der Waals surface area contributed by atoms with Crippen LogP contribution in [0.25, 0.3) is 0 Å². The van der Waals surface area contributed by atoms with Crippen molar-refractivity contribution in [2.75, 3.05) is 4.90 Å². The molecule has 2 fully saturated rings. The Morgan fingerprint density at radius 3 is 1.96 bits per heavy atom. The SMILES string of the molecule is CC(C)[C@@H]1CC[C@@H](C)C[C@H]1OC(=O)N1N=C(c2ccc3c(c2)C(C)(C)C(=O)N3C(=O)O[C@@H]2C[C@H](C)CC[C@H]2C(C)C)[C@H](C)SC1=O. The number of hydrazone groups is 1. The second kappa shape index (κ2) is 13.3. The second-order valence-electron chi connectivity index (χ2n) is 15.3. The van der Waals surface area contributed by atoms with Gasteiger partial charge in [0.25, 0.3) is 0 Å². The van der Waals surface area contributed by atoms with E-state index >= 15 is 0 Å². The van der Waals surface area contributed by atoms with Crippen molar-refractivity contribution in [1.29, 1.82) is 0 Å². The summed E-state index contributed by atoms with van der Waals surface area (Å²) >= 11 is 1.02. The maximum Gasteiger partial charge on any atom is 0.438 e. The Balaban J connectivity index is 1.40. The normalized spacial score (nSPS) is 31.2. The lowest BCUT2D eigenvalue weighted by atomic mass is 9.75. The average molecular weight is 654 g/mol. The van der Waals surface area contributed by atoms with Crippen molar-refractivity contribution >= 4 is 46.5 Å². The second-order valence-corrected chi connectivity index (χ2v) is 16.6. The van der Waals surface area contributed by atoms with E-state index in [0.717, 1.165) is 55.3 Å². The van der Waals surface area contributed by atoms with E-state index in [2.05, 4.69) is 46.6 Å². The molecule has 0 saturated heterocycles. The smallest absolute Gasteiger partial charge is 0.438 e. The number of rotatable bonds is 5. The van der Waals surface area contributed by atoms with Crippen molar-refractivity contribution in [3.8, 4) is 0 Å². The molecule has 4 aliphatic rings. The summed E-state index contributed by atoms with van der Waals surface area (Å²) in [5.74, 6) is 1.77. The van der Waals surface area contributed by atoms with Crippen LogP contribution in [0.2, 0.25) is 0 Å². The Kier molecular flexibility index (Phi) is 9.98. The predicted octanol–water partition coefficient (Wildman–Crippen LogP) is 8.77. The third kappa shape index (κ3) is 6.60. The molecule has 4 amide bonds. The van der Waals surface area contributed by atoms with Crippen LogP contribution in [0.5, 0.6) is 0 Å². The number of amides is 4. The number of carbonyl (C=O) groups excluding carboxylic acids is 4. The molecule has 10 heteroatoms. The number of hydrogen-bond acceptors (Lipinski definition) is 8. The minimum absolute atomic E-state index is 0.235. The molecular formula is C36H51N3O6S. The molecule has 2 aliphatic heterocycles. The van der Waals surface area contributed by atoms with Gasteiger partial charge < -0.3 is 9.47 Å². The van der Waals surface area contributed by atoms with Gasteiger partial charge >= 0.3 is 17.4 Å². The van der Waals surface area contributed by atoms with Crippen molar-refractivity contribution in [2.24, 2.45) is 40.6 Å². The molecule has 7 atom stereocenters. The van der Waals surface area contributed by atoms with Crippen LogP contribution in [0.1, 0.15) is 112 Å². The molecule has 1 aromatic carbocycles. The van der Waals surface area contributed by atoms with Gasteiger partial charge in [-0.3, -0.25) is 9.59 Å². The summed E-state index contributed by atoms with van der Waals surface area (Å²) in [6.45, 7) is 18.4. The van der Waals surface area contributed by atoms with E-state index in [1.54, 1.807) is 26.0 Å². The van der Waals surface area contributed by atoms with Gasteiger partial charge in [0.15, 0.2) is 0 Å². The lowest BCUT2D eigenvalue weighted by Gasteiger charge is -2.37. The third-order valence-electron chi connectivity index (χ3n) is 10.8. The van der Waals surface area contributed by atoms with E-state index in [9.17, 15) is 19.2 Å². The molecule has 0 unspecified atom stereocenters. The first-order valence-electron chi connectivity index (χ1n) is 17.1. The zero-order valence-electron chi connectivity index (χ0n) is 28.9. The number of ether oxygens (including phenoxy) is 2. The maximum atomic E-state index is 13.7. The van der Waals surface area contributed by atoms with Gasteiger partial charge in [-0.05, 0) is 105 Å². The van der Waals surface area contributed by atoms with Gasteiger partial charge in [0, 0.05) is 0 Å². The van der Waals surface area contributed by atoms with Crippen molar-refractivity contribution in [3.63, 3.8) is 0 Å². The van der Waals surface area contributed by atoms with Gasteiger partial charge in [-0.1, -0.05) is 72.2 Å². The number of anilines is 1. The third-order valence-corrected chi connectivity index (χ3v) is 11.7. The van der Waals surface area contributed by atoms with Gasteiger partial charge in [0.1, 0.15) is 12.2 Å². The summed E-state index contributed by atoms with van der Waals surface area (Å²) in [6, 6.07) is 5.39. The van der Waals surface area contributed by atoms with E-state index in [1.165, 1.54) is 4.90 Å². The molecular weight excluding hydrogens is 602 g/mol. The molecule has 0 radical (unpaired) electrons.